The number of nitrogens with zero attached hydrogens (tertiary/aromatic N) is 1. The third kappa shape index (κ3) is 6.06. The number of Topliss-reactive ketones (excluding diaryl/α,β-unsaturated/α-hetero) is 1. The fourth-order valence-electron chi connectivity index (χ4n) is 1.96. The van der Waals surface area contributed by atoms with Crippen LogP contribution in [0.2, 0.25) is 0 Å². The predicted molar refractivity (Wildman–Crippen MR) is 91.0 cm³/mol. The van der Waals surface area contributed by atoms with Crippen LogP contribution < -0.4 is 15.6 Å². The molecule has 1 heterocycles. The summed E-state index contributed by atoms with van der Waals surface area (Å²) in [4.78, 5) is 38.4. The first-order valence-electron chi connectivity index (χ1n) is 7.80. The third-order valence-electron chi connectivity index (χ3n) is 3.29. The van der Waals surface area contributed by atoms with Crippen molar-refractivity contribution in [2.75, 3.05) is 6.61 Å². The number of nitrogens with one attached hydrogen (secondary N) is 2. The average molecular weight is 341 g/mol. The highest BCUT2D eigenvalue weighted by Gasteiger charge is 2.08. The van der Waals surface area contributed by atoms with Gasteiger partial charge in [-0.15, -0.1) is 0 Å². The quantitative estimate of drug-likeness (QED) is 0.455. The largest absolute Gasteiger partial charge is 0.494 e. The summed E-state index contributed by atoms with van der Waals surface area (Å²) in [5.41, 5.74) is 5.47. The minimum Gasteiger partial charge on any atom is -0.494 e. The molecule has 2 aromatic rings. The van der Waals surface area contributed by atoms with Gasteiger partial charge in [0.1, 0.15) is 11.4 Å². The van der Waals surface area contributed by atoms with Crippen molar-refractivity contribution in [3.63, 3.8) is 0 Å². The Balaban J connectivity index is 1.63. The molecule has 0 saturated carbocycles. The molecular formula is C18H19N3O4. The molecule has 1 aromatic carbocycles. The Morgan fingerprint density at radius 1 is 1.04 bits per heavy atom. The molecule has 130 valence electrons. The van der Waals surface area contributed by atoms with Crippen LogP contribution in [0.4, 0.5) is 0 Å². The number of benzene rings is 1. The van der Waals surface area contributed by atoms with Gasteiger partial charge in [-0.1, -0.05) is 6.07 Å². The molecule has 2 amide bonds. The lowest BCUT2D eigenvalue weighted by atomic mass is 10.1. The number of hydrazine groups is 1. The first kappa shape index (κ1) is 18.1. The summed E-state index contributed by atoms with van der Waals surface area (Å²) >= 11 is 0. The van der Waals surface area contributed by atoms with Crippen LogP contribution in [0.15, 0.2) is 48.7 Å². The lowest BCUT2D eigenvalue weighted by Crippen LogP contribution is -2.41. The lowest BCUT2D eigenvalue weighted by Gasteiger charge is -2.08. The van der Waals surface area contributed by atoms with E-state index in [1.807, 2.05) is 0 Å². The van der Waals surface area contributed by atoms with Gasteiger partial charge < -0.3 is 4.74 Å². The van der Waals surface area contributed by atoms with Crippen LogP contribution in [0, 0.1) is 0 Å². The molecule has 0 aliphatic carbocycles. The second kappa shape index (κ2) is 9.17. The Bertz CT molecular complexity index is 730. The van der Waals surface area contributed by atoms with E-state index < -0.39 is 5.91 Å². The van der Waals surface area contributed by atoms with Crippen LogP contribution >= 0.6 is 0 Å². The van der Waals surface area contributed by atoms with E-state index >= 15 is 0 Å². The number of aromatic nitrogens is 1. The van der Waals surface area contributed by atoms with E-state index in [2.05, 4.69) is 15.8 Å². The number of hydrogen-bond donors (Lipinski definition) is 2. The molecule has 2 N–H and O–H groups in total. The van der Waals surface area contributed by atoms with Gasteiger partial charge in [-0.3, -0.25) is 30.2 Å². The first-order valence-corrected chi connectivity index (χ1v) is 7.80. The van der Waals surface area contributed by atoms with E-state index in [1.54, 1.807) is 42.5 Å². The minimum absolute atomic E-state index is 0.00373. The van der Waals surface area contributed by atoms with Gasteiger partial charge in [0.25, 0.3) is 5.91 Å². The molecule has 0 bridgehead atoms. The molecule has 0 aliphatic heterocycles. The number of carbonyl (C=O) groups excluding carboxylic acids is 3. The van der Waals surface area contributed by atoms with E-state index in [9.17, 15) is 14.4 Å². The van der Waals surface area contributed by atoms with Gasteiger partial charge in [0.15, 0.2) is 5.78 Å². The second-order valence-corrected chi connectivity index (χ2v) is 5.25. The highest BCUT2D eigenvalue weighted by atomic mass is 16.5. The van der Waals surface area contributed by atoms with Crippen LogP contribution in [0.3, 0.4) is 0 Å². The molecule has 7 nitrogen and oxygen atoms in total. The van der Waals surface area contributed by atoms with Crippen LogP contribution in [0.5, 0.6) is 5.75 Å². The van der Waals surface area contributed by atoms with Gasteiger partial charge in [-0.25, -0.2) is 0 Å². The Labute approximate surface area is 145 Å². The van der Waals surface area contributed by atoms with Gasteiger partial charge in [-0.05, 0) is 49.7 Å². The SMILES string of the molecule is CC(=O)c1ccc(OCCCC(=O)NNC(=O)c2ccccn2)cc1. The fourth-order valence-corrected chi connectivity index (χ4v) is 1.96. The lowest BCUT2D eigenvalue weighted by molar-refractivity contribution is -0.122. The molecular weight excluding hydrogens is 322 g/mol. The Kier molecular flexibility index (Phi) is 6.65. The molecule has 0 saturated heterocycles. The van der Waals surface area contributed by atoms with Gasteiger partial charge in [0.05, 0.1) is 6.61 Å². The van der Waals surface area contributed by atoms with Crippen molar-refractivity contribution >= 4 is 17.6 Å². The molecule has 0 unspecified atom stereocenters. The van der Waals surface area contributed by atoms with Crippen LogP contribution in [0.25, 0.3) is 0 Å². The van der Waals surface area contributed by atoms with Crippen molar-refractivity contribution in [3.05, 3.63) is 59.9 Å². The van der Waals surface area contributed by atoms with E-state index in [4.69, 9.17) is 4.74 Å². The molecule has 0 spiro atoms. The Morgan fingerprint density at radius 2 is 1.80 bits per heavy atom. The Morgan fingerprint density at radius 3 is 2.44 bits per heavy atom. The molecule has 2 rings (SSSR count). The number of amides is 2. The van der Waals surface area contributed by atoms with Crippen molar-refractivity contribution in [1.29, 1.82) is 0 Å². The van der Waals surface area contributed by atoms with Gasteiger partial charge in [0.2, 0.25) is 5.91 Å². The summed E-state index contributed by atoms with van der Waals surface area (Å²) in [5, 5.41) is 0. The normalized spacial score (nSPS) is 9.96. The molecule has 0 radical (unpaired) electrons. The summed E-state index contributed by atoms with van der Waals surface area (Å²) in [6, 6.07) is 11.7. The fraction of sp³-hybridized carbons (Fsp3) is 0.222. The smallest absolute Gasteiger partial charge is 0.288 e. The highest BCUT2D eigenvalue weighted by molar-refractivity contribution is 5.94. The van der Waals surface area contributed by atoms with Crippen molar-refractivity contribution in [1.82, 2.24) is 15.8 Å². The number of ketones is 1. The number of hydrogen-bond acceptors (Lipinski definition) is 5. The zero-order chi connectivity index (χ0) is 18.1. The summed E-state index contributed by atoms with van der Waals surface area (Å²) in [6.45, 7) is 1.85. The predicted octanol–water partition coefficient (Wildman–Crippen LogP) is 1.90. The monoisotopic (exact) mass is 341 g/mol. The average Bonchev–Trinajstić information content (AvgIpc) is 2.64. The Hall–Kier alpha value is -3.22. The molecule has 0 aliphatic rings. The summed E-state index contributed by atoms with van der Waals surface area (Å²) in [6.07, 6.45) is 2.19. The molecule has 0 fully saturated rings. The standard InChI is InChI=1S/C18H19N3O4/c1-13(22)14-7-9-15(10-8-14)25-12-4-6-17(23)20-21-18(24)16-5-2-3-11-19-16/h2-3,5,7-11H,4,6,12H2,1H3,(H,20,23)(H,21,24). The van der Waals surface area contributed by atoms with E-state index in [-0.39, 0.29) is 23.8 Å². The van der Waals surface area contributed by atoms with Gasteiger partial charge in [-0.2, -0.15) is 0 Å². The molecule has 7 heteroatoms. The van der Waals surface area contributed by atoms with Crippen LogP contribution in [-0.4, -0.2) is 29.2 Å². The summed E-state index contributed by atoms with van der Waals surface area (Å²) < 4.78 is 5.50. The summed E-state index contributed by atoms with van der Waals surface area (Å²) in [7, 11) is 0. The maximum atomic E-state index is 11.7. The van der Waals surface area contributed by atoms with Crippen LogP contribution in [0.1, 0.15) is 40.6 Å². The van der Waals surface area contributed by atoms with E-state index in [1.165, 1.54) is 13.1 Å². The third-order valence-corrected chi connectivity index (χ3v) is 3.29. The van der Waals surface area contributed by atoms with Crippen molar-refractivity contribution in [2.24, 2.45) is 0 Å². The number of carbonyl (C=O) groups is 3. The van der Waals surface area contributed by atoms with E-state index in [0.29, 0.717) is 24.3 Å². The van der Waals surface area contributed by atoms with Gasteiger partial charge in [0, 0.05) is 18.2 Å². The highest BCUT2D eigenvalue weighted by Crippen LogP contribution is 2.13. The van der Waals surface area contributed by atoms with Crippen molar-refractivity contribution < 1.29 is 19.1 Å². The maximum absolute atomic E-state index is 11.7. The van der Waals surface area contributed by atoms with Crippen molar-refractivity contribution in [2.45, 2.75) is 19.8 Å². The minimum atomic E-state index is -0.476. The second-order valence-electron chi connectivity index (χ2n) is 5.25. The topological polar surface area (TPSA) is 97.4 Å². The molecule has 1 aromatic heterocycles. The van der Waals surface area contributed by atoms with Crippen molar-refractivity contribution in [3.8, 4) is 5.75 Å². The maximum Gasteiger partial charge on any atom is 0.288 e. The first-order chi connectivity index (χ1) is 12.1. The molecule has 25 heavy (non-hydrogen) atoms. The zero-order valence-corrected chi connectivity index (χ0v) is 13.8. The van der Waals surface area contributed by atoms with Gasteiger partial charge >= 0.3 is 0 Å². The molecule has 0 atom stereocenters. The number of rotatable bonds is 7. The summed E-state index contributed by atoms with van der Waals surface area (Å²) in [5.74, 6) is -0.166. The number of ether oxygens (including phenoxy) is 1. The zero-order valence-electron chi connectivity index (χ0n) is 13.8. The van der Waals surface area contributed by atoms with E-state index in [0.717, 1.165) is 0 Å². The number of pyridine rings is 1. The van der Waals surface area contributed by atoms with Crippen LogP contribution in [-0.2, 0) is 4.79 Å².